The molecule has 2 rings (SSSR count). The van der Waals surface area contributed by atoms with Gasteiger partial charge in [-0.1, -0.05) is 53.4 Å². The lowest BCUT2D eigenvalue weighted by Crippen LogP contribution is -2.55. The molecule has 6 nitrogen and oxygen atoms in total. The fraction of sp³-hybridized carbons (Fsp3) is 0.381. The summed E-state index contributed by atoms with van der Waals surface area (Å²) in [7, 11) is 0. The molecule has 0 saturated heterocycles. The van der Waals surface area contributed by atoms with Gasteiger partial charge in [0.15, 0.2) is 5.78 Å². The van der Waals surface area contributed by atoms with E-state index in [4.69, 9.17) is 9.47 Å². The Bertz CT molecular complexity index is 768. The average Bonchev–Trinajstić information content (AvgIpc) is 2.63. The highest BCUT2D eigenvalue weighted by Crippen LogP contribution is 2.46. The largest absolute Gasteiger partial charge is 0.461 e. The summed E-state index contributed by atoms with van der Waals surface area (Å²) in [5.74, 6) is -5.24. The number of rotatable bonds is 7. The van der Waals surface area contributed by atoms with Crippen LogP contribution in [0.4, 0.5) is 0 Å². The average molecular weight is 451 g/mol. The highest BCUT2D eigenvalue weighted by molar-refractivity contribution is 9.10. The molecule has 150 valence electrons. The zero-order valence-corrected chi connectivity index (χ0v) is 17.2. The summed E-state index contributed by atoms with van der Waals surface area (Å²) in [6.07, 6.45) is 2.44. The Morgan fingerprint density at radius 2 is 1.71 bits per heavy atom. The Morgan fingerprint density at radius 1 is 1.18 bits per heavy atom. The summed E-state index contributed by atoms with van der Waals surface area (Å²) in [6.45, 7) is 8.30. The third-order valence-corrected chi connectivity index (χ3v) is 5.25. The zero-order valence-electron chi connectivity index (χ0n) is 15.6. The van der Waals surface area contributed by atoms with Gasteiger partial charge in [-0.15, -0.1) is 0 Å². The molecule has 0 spiro atoms. The number of Topliss-reactive ketones (excluding diaryl/α,β-unsaturated/α-hetero) is 1. The van der Waals surface area contributed by atoms with Crippen molar-refractivity contribution < 1.29 is 29.0 Å². The van der Waals surface area contributed by atoms with E-state index in [1.54, 1.807) is 24.3 Å². The van der Waals surface area contributed by atoms with Gasteiger partial charge in [-0.3, -0.25) is 14.4 Å². The SMILES string of the molecule is C=CCOC(=O)[C@@H]1C(=O)C[C@](C)(O)[C@H](C(=O)OCC=C)[C@@H]1c1ccc(Br)cc1. The van der Waals surface area contributed by atoms with E-state index in [9.17, 15) is 19.5 Å². The molecule has 1 aliphatic carbocycles. The van der Waals surface area contributed by atoms with Crippen molar-refractivity contribution in [2.75, 3.05) is 13.2 Å². The van der Waals surface area contributed by atoms with Crippen LogP contribution in [-0.4, -0.2) is 41.6 Å². The van der Waals surface area contributed by atoms with E-state index in [0.29, 0.717) is 5.56 Å². The van der Waals surface area contributed by atoms with Gasteiger partial charge in [0.25, 0.3) is 0 Å². The minimum Gasteiger partial charge on any atom is -0.461 e. The number of ether oxygens (including phenoxy) is 2. The molecule has 0 aliphatic heterocycles. The number of carbonyl (C=O) groups excluding carboxylic acids is 3. The van der Waals surface area contributed by atoms with Crippen molar-refractivity contribution >= 4 is 33.7 Å². The summed E-state index contributed by atoms with van der Waals surface area (Å²) in [5, 5.41) is 10.9. The standard InChI is InChI=1S/C21H23BrO6/c1-4-10-27-19(24)17-15(23)12-21(3,26)18(20(25)28-11-5-2)16(17)13-6-8-14(22)9-7-13/h4-9,16-18,26H,1-2,10-12H2,3H3/t16-,17-,18+,21+/m1/s1. The van der Waals surface area contributed by atoms with Crippen molar-refractivity contribution in [3.05, 3.63) is 59.6 Å². The molecule has 1 fully saturated rings. The monoisotopic (exact) mass is 450 g/mol. The Kier molecular flexibility index (Phi) is 7.32. The van der Waals surface area contributed by atoms with Gasteiger partial charge in [0, 0.05) is 16.8 Å². The topological polar surface area (TPSA) is 89.9 Å². The van der Waals surface area contributed by atoms with Gasteiger partial charge in [-0.2, -0.15) is 0 Å². The first kappa shape index (κ1) is 22.0. The zero-order chi connectivity index (χ0) is 20.9. The minimum atomic E-state index is -1.68. The van der Waals surface area contributed by atoms with Gasteiger partial charge in [0.05, 0.1) is 11.5 Å². The van der Waals surface area contributed by atoms with E-state index in [-0.39, 0.29) is 19.6 Å². The first-order chi connectivity index (χ1) is 13.2. The smallest absolute Gasteiger partial charge is 0.317 e. The van der Waals surface area contributed by atoms with E-state index < -0.39 is 41.1 Å². The van der Waals surface area contributed by atoms with Crippen LogP contribution in [-0.2, 0) is 23.9 Å². The third kappa shape index (κ3) is 4.77. The molecule has 0 aromatic heterocycles. The van der Waals surface area contributed by atoms with Crippen molar-refractivity contribution in [1.29, 1.82) is 0 Å². The van der Waals surface area contributed by atoms with Crippen molar-refractivity contribution in [3.63, 3.8) is 0 Å². The van der Waals surface area contributed by atoms with Crippen LogP contribution in [0.5, 0.6) is 0 Å². The number of aliphatic hydroxyl groups is 1. The number of halogens is 1. The van der Waals surface area contributed by atoms with Gasteiger partial charge in [-0.25, -0.2) is 0 Å². The minimum absolute atomic E-state index is 0.0437. The fourth-order valence-electron chi connectivity index (χ4n) is 3.56. The van der Waals surface area contributed by atoms with Gasteiger partial charge in [-0.05, 0) is 24.6 Å². The Labute approximate surface area is 172 Å². The lowest BCUT2D eigenvalue weighted by molar-refractivity contribution is -0.171. The first-order valence-corrected chi connectivity index (χ1v) is 9.58. The molecule has 1 aliphatic rings. The summed E-state index contributed by atoms with van der Waals surface area (Å²) in [6, 6.07) is 6.87. The van der Waals surface area contributed by atoms with Crippen LogP contribution in [0.25, 0.3) is 0 Å². The molecule has 0 bridgehead atoms. The number of ketones is 1. The van der Waals surface area contributed by atoms with Crippen molar-refractivity contribution in [1.82, 2.24) is 0 Å². The molecule has 7 heteroatoms. The lowest BCUT2D eigenvalue weighted by Gasteiger charge is -2.43. The second-order valence-electron chi connectivity index (χ2n) is 6.87. The molecule has 0 radical (unpaired) electrons. The Balaban J connectivity index is 2.56. The van der Waals surface area contributed by atoms with Crippen LogP contribution in [0, 0.1) is 11.8 Å². The highest BCUT2D eigenvalue weighted by Gasteiger charge is 2.57. The normalized spacial score (nSPS) is 27.0. The van der Waals surface area contributed by atoms with Crippen molar-refractivity contribution in [3.8, 4) is 0 Å². The fourth-order valence-corrected chi connectivity index (χ4v) is 3.83. The predicted octanol–water partition coefficient (Wildman–Crippen LogP) is 2.95. The van der Waals surface area contributed by atoms with Gasteiger partial charge in [0.1, 0.15) is 19.1 Å². The first-order valence-electron chi connectivity index (χ1n) is 8.78. The molecule has 0 amide bonds. The maximum Gasteiger partial charge on any atom is 0.317 e. The number of esters is 2. The molecular formula is C21H23BrO6. The summed E-state index contributed by atoms with van der Waals surface area (Å²) >= 11 is 3.34. The van der Waals surface area contributed by atoms with E-state index in [1.165, 1.54) is 19.1 Å². The molecule has 1 aromatic carbocycles. The molecule has 0 unspecified atom stereocenters. The van der Waals surface area contributed by atoms with Crippen LogP contribution in [0.3, 0.4) is 0 Å². The molecule has 0 heterocycles. The highest BCUT2D eigenvalue weighted by atomic mass is 79.9. The maximum atomic E-state index is 12.8. The maximum absolute atomic E-state index is 12.8. The number of benzene rings is 1. The number of carbonyl (C=O) groups is 3. The third-order valence-electron chi connectivity index (χ3n) is 4.72. The number of hydrogen-bond acceptors (Lipinski definition) is 6. The molecule has 28 heavy (non-hydrogen) atoms. The Morgan fingerprint density at radius 3 is 2.25 bits per heavy atom. The van der Waals surface area contributed by atoms with Crippen LogP contribution in [0.15, 0.2) is 54.0 Å². The molecular weight excluding hydrogens is 428 g/mol. The van der Waals surface area contributed by atoms with Gasteiger partial charge < -0.3 is 14.6 Å². The lowest BCUT2D eigenvalue weighted by atomic mass is 9.62. The Hall–Kier alpha value is -2.25. The molecule has 1 N–H and O–H groups in total. The van der Waals surface area contributed by atoms with Crippen LogP contribution >= 0.6 is 15.9 Å². The van der Waals surface area contributed by atoms with E-state index in [1.807, 2.05) is 0 Å². The number of hydrogen-bond donors (Lipinski definition) is 1. The summed E-state index contributed by atoms with van der Waals surface area (Å²) < 4.78 is 11.1. The molecule has 1 aromatic rings. The quantitative estimate of drug-likeness (QED) is 0.390. The van der Waals surface area contributed by atoms with E-state index in [0.717, 1.165) is 4.47 Å². The second kappa shape index (κ2) is 9.30. The van der Waals surface area contributed by atoms with Crippen LogP contribution in [0.1, 0.15) is 24.8 Å². The van der Waals surface area contributed by atoms with Crippen LogP contribution < -0.4 is 0 Å². The van der Waals surface area contributed by atoms with Crippen LogP contribution in [0.2, 0.25) is 0 Å². The molecule has 1 saturated carbocycles. The van der Waals surface area contributed by atoms with Gasteiger partial charge >= 0.3 is 11.9 Å². The van der Waals surface area contributed by atoms with Crippen molar-refractivity contribution in [2.24, 2.45) is 11.8 Å². The summed E-state index contributed by atoms with van der Waals surface area (Å²) in [4.78, 5) is 38.2. The second-order valence-corrected chi connectivity index (χ2v) is 7.79. The molecule has 4 atom stereocenters. The van der Waals surface area contributed by atoms with Gasteiger partial charge in [0.2, 0.25) is 0 Å². The predicted molar refractivity (Wildman–Crippen MR) is 106 cm³/mol. The summed E-state index contributed by atoms with van der Waals surface area (Å²) in [5.41, 5.74) is -1.12. The van der Waals surface area contributed by atoms with Crippen molar-refractivity contribution in [2.45, 2.75) is 24.9 Å². The van der Waals surface area contributed by atoms with E-state index >= 15 is 0 Å². The van der Waals surface area contributed by atoms with E-state index in [2.05, 4.69) is 29.1 Å².